The van der Waals surface area contributed by atoms with E-state index >= 15 is 0 Å². The number of benzene rings is 2. The minimum Gasteiger partial charge on any atom is -0.355 e. The number of hydrogen-bond acceptors (Lipinski definition) is 3. The van der Waals surface area contributed by atoms with E-state index in [1.54, 1.807) is 19.1 Å². The molecular formula is C15H10BrNO2. The first-order valence-electron chi connectivity index (χ1n) is 5.81. The van der Waals surface area contributed by atoms with Crippen molar-refractivity contribution in [2.24, 2.45) is 0 Å². The molecule has 1 aromatic heterocycles. The zero-order valence-electron chi connectivity index (χ0n) is 10.2. The second kappa shape index (κ2) is 4.63. The molecular weight excluding hydrogens is 306 g/mol. The second-order valence-corrected chi connectivity index (χ2v) is 5.22. The van der Waals surface area contributed by atoms with Gasteiger partial charge in [0.2, 0.25) is 0 Å². The van der Waals surface area contributed by atoms with Crippen molar-refractivity contribution in [1.29, 1.82) is 0 Å². The summed E-state index contributed by atoms with van der Waals surface area (Å²) >= 11 is 3.40. The SMILES string of the molecule is CC(=O)c1ccc2noc(-c3ccc(Br)cc3)c2c1. The fourth-order valence-electron chi connectivity index (χ4n) is 1.97. The maximum absolute atomic E-state index is 11.4. The van der Waals surface area contributed by atoms with Crippen LogP contribution in [0.5, 0.6) is 0 Å². The topological polar surface area (TPSA) is 43.1 Å². The highest BCUT2D eigenvalue weighted by Crippen LogP contribution is 2.30. The number of ketones is 1. The number of halogens is 1. The molecule has 1 heterocycles. The maximum Gasteiger partial charge on any atom is 0.174 e. The van der Waals surface area contributed by atoms with E-state index in [1.807, 2.05) is 30.3 Å². The van der Waals surface area contributed by atoms with E-state index in [4.69, 9.17) is 4.52 Å². The van der Waals surface area contributed by atoms with Crippen LogP contribution in [0.15, 0.2) is 51.5 Å². The summed E-state index contributed by atoms with van der Waals surface area (Å²) in [6.45, 7) is 1.55. The second-order valence-electron chi connectivity index (χ2n) is 4.31. The standard InChI is InChI=1S/C15H10BrNO2/c1-9(18)11-4-7-14-13(8-11)15(19-17-14)10-2-5-12(16)6-3-10/h2-8H,1H3. The number of rotatable bonds is 2. The fraction of sp³-hybridized carbons (Fsp3) is 0.0667. The minimum atomic E-state index is 0.0323. The summed E-state index contributed by atoms with van der Waals surface area (Å²) in [5.41, 5.74) is 2.35. The molecule has 19 heavy (non-hydrogen) atoms. The molecule has 3 aromatic rings. The van der Waals surface area contributed by atoms with E-state index in [2.05, 4.69) is 21.1 Å². The molecule has 0 unspecified atom stereocenters. The van der Waals surface area contributed by atoms with Crippen LogP contribution in [0.3, 0.4) is 0 Å². The zero-order chi connectivity index (χ0) is 13.4. The van der Waals surface area contributed by atoms with Crippen molar-refractivity contribution < 1.29 is 9.32 Å². The van der Waals surface area contributed by atoms with Crippen molar-refractivity contribution in [1.82, 2.24) is 5.16 Å². The molecule has 0 amide bonds. The van der Waals surface area contributed by atoms with Gasteiger partial charge in [0.15, 0.2) is 11.5 Å². The lowest BCUT2D eigenvalue weighted by atomic mass is 10.0. The minimum absolute atomic E-state index is 0.0323. The molecule has 4 heteroatoms. The molecule has 0 fully saturated rings. The summed E-state index contributed by atoms with van der Waals surface area (Å²) < 4.78 is 6.40. The number of nitrogens with zero attached hydrogens (tertiary/aromatic N) is 1. The highest BCUT2D eigenvalue weighted by molar-refractivity contribution is 9.10. The number of Topliss-reactive ketones (excluding diaryl/α,β-unsaturated/α-hetero) is 1. The zero-order valence-corrected chi connectivity index (χ0v) is 11.8. The van der Waals surface area contributed by atoms with Crippen molar-refractivity contribution >= 4 is 32.6 Å². The van der Waals surface area contributed by atoms with Crippen LogP contribution in [0.4, 0.5) is 0 Å². The molecule has 0 atom stereocenters. The Kier molecular flexibility index (Phi) is 2.95. The number of aromatic nitrogens is 1. The average Bonchev–Trinajstić information content (AvgIpc) is 2.82. The van der Waals surface area contributed by atoms with Crippen LogP contribution in [0.25, 0.3) is 22.2 Å². The first-order valence-corrected chi connectivity index (χ1v) is 6.61. The van der Waals surface area contributed by atoms with E-state index in [0.29, 0.717) is 11.3 Å². The van der Waals surface area contributed by atoms with E-state index in [9.17, 15) is 4.79 Å². The lowest BCUT2D eigenvalue weighted by Gasteiger charge is -1.98. The number of carbonyl (C=O) groups excluding carboxylic acids is 1. The third-order valence-electron chi connectivity index (χ3n) is 2.99. The largest absolute Gasteiger partial charge is 0.355 e. The maximum atomic E-state index is 11.4. The summed E-state index contributed by atoms with van der Waals surface area (Å²) in [6.07, 6.45) is 0. The van der Waals surface area contributed by atoms with Crippen molar-refractivity contribution in [2.75, 3.05) is 0 Å². The van der Waals surface area contributed by atoms with Crippen molar-refractivity contribution in [3.63, 3.8) is 0 Å². The summed E-state index contributed by atoms with van der Waals surface area (Å²) in [6, 6.07) is 13.2. The Labute approximate surface area is 118 Å². The lowest BCUT2D eigenvalue weighted by Crippen LogP contribution is -1.90. The molecule has 3 nitrogen and oxygen atoms in total. The first kappa shape index (κ1) is 12.1. The van der Waals surface area contributed by atoms with Crippen LogP contribution >= 0.6 is 15.9 Å². The first-order chi connectivity index (χ1) is 9.15. The van der Waals surface area contributed by atoms with Gasteiger partial charge in [0.05, 0.1) is 5.39 Å². The van der Waals surface area contributed by atoms with Gasteiger partial charge in [-0.15, -0.1) is 0 Å². The summed E-state index contributed by atoms with van der Waals surface area (Å²) in [5.74, 6) is 0.718. The number of carbonyl (C=O) groups is 1. The average molecular weight is 316 g/mol. The predicted molar refractivity (Wildman–Crippen MR) is 77.1 cm³/mol. The van der Waals surface area contributed by atoms with Gasteiger partial charge in [-0.05, 0) is 49.4 Å². The van der Waals surface area contributed by atoms with Gasteiger partial charge in [-0.3, -0.25) is 4.79 Å². The highest BCUT2D eigenvalue weighted by Gasteiger charge is 2.12. The van der Waals surface area contributed by atoms with E-state index in [1.165, 1.54) is 0 Å². The van der Waals surface area contributed by atoms with Crippen LogP contribution in [0.1, 0.15) is 17.3 Å². The molecule has 94 valence electrons. The molecule has 0 aliphatic rings. The summed E-state index contributed by atoms with van der Waals surface area (Å²) in [7, 11) is 0. The molecule has 3 rings (SSSR count). The van der Waals surface area contributed by atoms with Gasteiger partial charge in [-0.1, -0.05) is 21.1 Å². The van der Waals surface area contributed by atoms with E-state index < -0.39 is 0 Å². The Balaban J connectivity index is 2.21. The number of hydrogen-bond donors (Lipinski definition) is 0. The van der Waals surface area contributed by atoms with Crippen molar-refractivity contribution in [3.8, 4) is 11.3 Å². The smallest absolute Gasteiger partial charge is 0.174 e. The summed E-state index contributed by atoms with van der Waals surface area (Å²) in [4.78, 5) is 11.4. The van der Waals surface area contributed by atoms with Gasteiger partial charge < -0.3 is 4.52 Å². The molecule has 0 radical (unpaired) electrons. The molecule has 0 bridgehead atoms. The molecule has 0 saturated heterocycles. The molecule has 0 saturated carbocycles. The van der Waals surface area contributed by atoms with Gasteiger partial charge in [0, 0.05) is 15.6 Å². The van der Waals surface area contributed by atoms with Crippen LogP contribution < -0.4 is 0 Å². The van der Waals surface area contributed by atoms with Gasteiger partial charge in [0.25, 0.3) is 0 Å². The normalized spacial score (nSPS) is 10.8. The highest BCUT2D eigenvalue weighted by atomic mass is 79.9. The van der Waals surface area contributed by atoms with Gasteiger partial charge in [-0.2, -0.15) is 0 Å². The van der Waals surface area contributed by atoms with Gasteiger partial charge in [0.1, 0.15) is 5.52 Å². The van der Waals surface area contributed by atoms with Crippen molar-refractivity contribution in [3.05, 3.63) is 52.5 Å². The van der Waals surface area contributed by atoms with Crippen LogP contribution in [-0.2, 0) is 0 Å². The van der Waals surface area contributed by atoms with Gasteiger partial charge >= 0.3 is 0 Å². The molecule has 0 aliphatic carbocycles. The molecule has 0 spiro atoms. The Morgan fingerprint density at radius 1 is 1.16 bits per heavy atom. The summed E-state index contributed by atoms with van der Waals surface area (Å²) in [5, 5.41) is 4.88. The molecule has 0 N–H and O–H groups in total. The Hall–Kier alpha value is -1.94. The predicted octanol–water partition coefficient (Wildman–Crippen LogP) is 4.46. The van der Waals surface area contributed by atoms with E-state index in [0.717, 1.165) is 20.9 Å². The quantitative estimate of drug-likeness (QED) is 0.656. The molecule has 0 aliphatic heterocycles. The fourth-order valence-corrected chi connectivity index (χ4v) is 2.23. The van der Waals surface area contributed by atoms with Crippen LogP contribution in [0.2, 0.25) is 0 Å². The Morgan fingerprint density at radius 2 is 1.89 bits per heavy atom. The third kappa shape index (κ3) is 2.19. The molecule has 2 aromatic carbocycles. The van der Waals surface area contributed by atoms with Gasteiger partial charge in [-0.25, -0.2) is 0 Å². The van der Waals surface area contributed by atoms with E-state index in [-0.39, 0.29) is 5.78 Å². The Morgan fingerprint density at radius 3 is 2.58 bits per heavy atom. The van der Waals surface area contributed by atoms with Crippen molar-refractivity contribution in [2.45, 2.75) is 6.92 Å². The lowest BCUT2D eigenvalue weighted by molar-refractivity contribution is 0.101. The van der Waals surface area contributed by atoms with Crippen LogP contribution in [0, 0.1) is 0 Å². The Bertz CT molecular complexity index is 759. The third-order valence-corrected chi connectivity index (χ3v) is 3.52. The monoisotopic (exact) mass is 315 g/mol. The van der Waals surface area contributed by atoms with Crippen LogP contribution in [-0.4, -0.2) is 10.9 Å². The number of fused-ring (bicyclic) bond motifs is 1.